The van der Waals surface area contributed by atoms with Crippen molar-refractivity contribution in [3.05, 3.63) is 82.1 Å². The van der Waals surface area contributed by atoms with Crippen molar-refractivity contribution in [2.45, 2.75) is 11.8 Å². The fraction of sp³-hybridized carbons (Fsp3) is 0.0952. The highest BCUT2D eigenvalue weighted by Gasteiger charge is 2.13. The Morgan fingerprint density at radius 2 is 1.73 bits per heavy atom. The summed E-state index contributed by atoms with van der Waals surface area (Å²) >= 11 is 5.12. The minimum Gasteiger partial charge on any atom is -0.352 e. The van der Waals surface area contributed by atoms with Crippen LogP contribution in [0.4, 0.5) is 11.4 Å². The Kier molecular flexibility index (Phi) is 6.14. The largest absolute Gasteiger partial charge is 0.352 e. The van der Waals surface area contributed by atoms with Crippen molar-refractivity contribution in [3.63, 3.8) is 0 Å². The second-order valence-corrected chi connectivity index (χ2v) is 9.07. The van der Waals surface area contributed by atoms with Gasteiger partial charge >= 0.3 is 0 Å². The van der Waals surface area contributed by atoms with Gasteiger partial charge in [0.25, 0.3) is 11.8 Å². The Balaban J connectivity index is 1.76. The number of hydrogen-bond acceptors (Lipinski definition) is 5. The molecule has 3 N–H and O–H groups in total. The number of aromatic nitrogens is 1. The maximum Gasteiger partial charge on any atom is 0.258 e. The molecule has 0 aliphatic carbocycles. The highest BCUT2D eigenvalue weighted by atomic mass is 32.2. The third-order valence-corrected chi connectivity index (χ3v) is 5.77. The lowest BCUT2D eigenvalue weighted by atomic mass is 10.1. The molecule has 3 rings (SSSR count). The average Bonchev–Trinajstić information content (AvgIpc) is 2.69. The number of H-pyrrole nitrogens is 1. The Labute approximate surface area is 179 Å². The van der Waals surface area contributed by atoms with Crippen LogP contribution in [-0.4, -0.2) is 31.5 Å². The molecule has 2 aromatic carbocycles. The molecule has 154 valence electrons. The molecule has 1 aromatic heterocycles. The zero-order chi connectivity index (χ0) is 21.9. The summed E-state index contributed by atoms with van der Waals surface area (Å²) < 4.78 is 23.7. The fourth-order valence-corrected chi connectivity index (χ4v) is 3.64. The van der Waals surface area contributed by atoms with Gasteiger partial charge in [0.1, 0.15) is 4.64 Å². The van der Waals surface area contributed by atoms with E-state index in [2.05, 4.69) is 15.6 Å². The van der Waals surface area contributed by atoms with Crippen LogP contribution in [0.2, 0.25) is 0 Å². The maximum atomic E-state index is 12.5. The number of benzene rings is 2. The van der Waals surface area contributed by atoms with Crippen molar-refractivity contribution < 1.29 is 18.0 Å². The monoisotopic (exact) mass is 441 g/mol. The first-order valence-corrected chi connectivity index (χ1v) is 11.2. The number of anilines is 2. The molecule has 1 heterocycles. The van der Waals surface area contributed by atoms with Crippen molar-refractivity contribution in [2.75, 3.05) is 16.9 Å². The number of carbonyl (C=O) groups excluding carboxylic acids is 2. The van der Waals surface area contributed by atoms with Gasteiger partial charge in [-0.05, 0) is 61.0 Å². The molecule has 0 unspecified atom stereocenters. The highest BCUT2D eigenvalue weighted by molar-refractivity contribution is 7.90. The third-order valence-electron chi connectivity index (χ3n) is 4.32. The molecule has 2 amide bonds. The number of amides is 2. The van der Waals surface area contributed by atoms with E-state index in [-0.39, 0.29) is 16.4 Å². The molecular formula is C21H19N3O4S2. The molecule has 9 heteroatoms. The van der Waals surface area contributed by atoms with Crippen LogP contribution in [0.1, 0.15) is 26.3 Å². The molecule has 3 aromatic rings. The summed E-state index contributed by atoms with van der Waals surface area (Å²) in [6.45, 7) is 1.78. The second-order valence-electron chi connectivity index (χ2n) is 6.65. The van der Waals surface area contributed by atoms with Gasteiger partial charge in [0.2, 0.25) is 0 Å². The maximum absolute atomic E-state index is 12.5. The summed E-state index contributed by atoms with van der Waals surface area (Å²) in [6, 6.07) is 14.2. The average molecular weight is 442 g/mol. The van der Waals surface area contributed by atoms with E-state index in [0.29, 0.717) is 21.6 Å². The molecule has 0 spiro atoms. The van der Waals surface area contributed by atoms with Crippen LogP contribution in [0, 0.1) is 11.6 Å². The predicted octanol–water partition coefficient (Wildman–Crippen LogP) is 3.96. The van der Waals surface area contributed by atoms with Crippen LogP contribution in [0.25, 0.3) is 0 Å². The number of carbonyl (C=O) groups is 2. The van der Waals surface area contributed by atoms with E-state index in [1.165, 1.54) is 24.3 Å². The molecular weight excluding hydrogens is 422 g/mol. The van der Waals surface area contributed by atoms with E-state index in [0.717, 1.165) is 11.8 Å². The van der Waals surface area contributed by atoms with Crippen molar-refractivity contribution in [1.29, 1.82) is 0 Å². The van der Waals surface area contributed by atoms with E-state index in [1.807, 2.05) is 0 Å². The second kappa shape index (κ2) is 8.60. The number of nitrogens with one attached hydrogen (secondary N) is 3. The Hall–Kier alpha value is -3.30. The van der Waals surface area contributed by atoms with E-state index in [4.69, 9.17) is 12.2 Å². The molecule has 0 aliphatic heterocycles. The first-order chi connectivity index (χ1) is 14.1. The lowest BCUT2D eigenvalue weighted by molar-refractivity contribution is 0.101. The van der Waals surface area contributed by atoms with Gasteiger partial charge in [-0.2, -0.15) is 0 Å². The standard InChI is InChI=1S/C21H19N3O4S2/c1-13-11-15(23-20(26)17-7-4-10-22-21(17)29)8-9-18(13)24-19(25)14-5-3-6-16(12-14)30(2,27)28/h3-12H,1-2H3,(H,22,29)(H,23,26)(H,24,25). The van der Waals surface area contributed by atoms with Crippen LogP contribution in [0.5, 0.6) is 0 Å². The highest BCUT2D eigenvalue weighted by Crippen LogP contribution is 2.22. The minimum absolute atomic E-state index is 0.0733. The summed E-state index contributed by atoms with van der Waals surface area (Å²) in [7, 11) is -3.41. The number of aromatic amines is 1. The van der Waals surface area contributed by atoms with Gasteiger partial charge < -0.3 is 15.6 Å². The summed E-state index contributed by atoms with van der Waals surface area (Å²) in [4.78, 5) is 27.8. The van der Waals surface area contributed by atoms with Crippen molar-refractivity contribution >= 4 is 45.2 Å². The molecule has 0 radical (unpaired) electrons. The van der Waals surface area contributed by atoms with Crippen LogP contribution in [0.3, 0.4) is 0 Å². The van der Waals surface area contributed by atoms with Gasteiger partial charge in [-0.25, -0.2) is 8.42 Å². The number of rotatable bonds is 5. The minimum atomic E-state index is -3.41. The molecule has 0 fully saturated rings. The van der Waals surface area contributed by atoms with Gasteiger partial charge in [-0.1, -0.05) is 18.3 Å². The van der Waals surface area contributed by atoms with Gasteiger partial charge in [0, 0.05) is 29.4 Å². The Morgan fingerprint density at radius 3 is 2.40 bits per heavy atom. The molecule has 0 atom stereocenters. The molecule has 0 bridgehead atoms. The van der Waals surface area contributed by atoms with Crippen molar-refractivity contribution in [2.24, 2.45) is 0 Å². The molecule has 7 nitrogen and oxygen atoms in total. The summed E-state index contributed by atoms with van der Waals surface area (Å²) in [6.07, 6.45) is 2.73. The summed E-state index contributed by atoms with van der Waals surface area (Å²) in [5, 5.41) is 5.53. The molecule has 0 saturated carbocycles. The lowest BCUT2D eigenvalue weighted by Crippen LogP contribution is -2.15. The van der Waals surface area contributed by atoms with Gasteiger partial charge in [0.05, 0.1) is 10.5 Å². The van der Waals surface area contributed by atoms with E-state index < -0.39 is 15.7 Å². The van der Waals surface area contributed by atoms with Crippen molar-refractivity contribution in [1.82, 2.24) is 4.98 Å². The molecule has 0 aliphatic rings. The quantitative estimate of drug-likeness (QED) is 0.520. The zero-order valence-electron chi connectivity index (χ0n) is 16.2. The number of aryl methyl sites for hydroxylation is 1. The molecule has 30 heavy (non-hydrogen) atoms. The van der Waals surface area contributed by atoms with Crippen LogP contribution >= 0.6 is 12.2 Å². The first-order valence-electron chi connectivity index (χ1n) is 8.86. The Bertz CT molecular complexity index is 1300. The Morgan fingerprint density at radius 1 is 0.967 bits per heavy atom. The van der Waals surface area contributed by atoms with E-state index in [9.17, 15) is 18.0 Å². The van der Waals surface area contributed by atoms with Crippen LogP contribution in [0.15, 0.2) is 65.7 Å². The smallest absolute Gasteiger partial charge is 0.258 e. The number of sulfone groups is 1. The van der Waals surface area contributed by atoms with Gasteiger partial charge in [-0.3, -0.25) is 9.59 Å². The van der Waals surface area contributed by atoms with Gasteiger partial charge in [0.15, 0.2) is 9.84 Å². The number of hydrogen-bond donors (Lipinski definition) is 3. The van der Waals surface area contributed by atoms with E-state index in [1.54, 1.807) is 43.5 Å². The first kappa shape index (κ1) is 21.4. The van der Waals surface area contributed by atoms with Crippen molar-refractivity contribution in [3.8, 4) is 0 Å². The van der Waals surface area contributed by atoms with E-state index >= 15 is 0 Å². The fourth-order valence-electron chi connectivity index (χ4n) is 2.74. The topological polar surface area (TPSA) is 108 Å². The summed E-state index contributed by atoms with van der Waals surface area (Å²) in [5.74, 6) is -0.776. The third kappa shape index (κ3) is 5.00. The summed E-state index contributed by atoms with van der Waals surface area (Å²) in [5.41, 5.74) is 2.40. The van der Waals surface area contributed by atoms with Gasteiger partial charge in [-0.15, -0.1) is 0 Å². The lowest BCUT2D eigenvalue weighted by Gasteiger charge is -2.12. The zero-order valence-corrected chi connectivity index (χ0v) is 17.9. The normalized spacial score (nSPS) is 11.0. The molecule has 0 saturated heterocycles. The number of pyridine rings is 1. The van der Waals surface area contributed by atoms with Crippen LogP contribution < -0.4 is 10.6 Å². The van der Waals surface area contributed by atoms with Crippen LogP contribution in [-0.2, 0) is 9.84 Å². The predicted molar refractivity (Wildman–Crippen MR) is 118 cm³/mol. The SMILES string of the molecule is Cc1cc(NC(=O)c2ccc[nH]c2=S)ccc1NC(=O)c1cccc(S(C)(=O)=O)c1.